The second-order valence-electron chi connectivity index (χ2n) is 2.69. The van der Waals surface area contributed by atoms with Crippen LogP contribution in [0.25, 0.3) is 0 Å². The van der Waals surface area contributed by atoms with E-state index in [1.807, 2.05) is 0 Å². The highest BCUT2D eigenvalue weighted by molar-refractivity contribution is 4.96. The molecule has 0 spiro atoms. The number of allylic oxidation sites excluding steroid dienone is 4. The minimum Gasteiger partial charge on any atom is -0.0882 e. The van der Waals surface area contributed by atoms with Crippen LogP contribution in [-0.2, 0) is 0 Å². The van der Waals surface area contributed by atoms with E-state index in [0.29, 0.717) is 0 Å². The SMILES string of the molecule is CC1C=CCCC=CC1. The molecule has 0 bridgehead atoms. The van der Waals surface area contributed by atoms with Gasteiger partial charge < -0.3 is 0 Å². The van der Waals surface area contributed by atoms with Gasteiger partial charge in [-0.2, -0.15) is 0 Å². The quantitative estimate of drug-likeness (QED) is 0.433. The molecule has 1 rings (SSSR count). The highest BCUT2D eigenvalue weighted by Gasteiger charge is 1.93. The van der Waals surface area contributed by atoms with E-state index in [1.165, 1.54) is 19.3 Å². The summed E-state index contributed by atoms with van der Waals surface area (Å²) in [5, 5.41) is 0. The normalized spacial score (nSPS) is 27.4. The van der Waals surface area contributed by atoms with Crippen molar-refractivity contribution in [1.29, 1.82) is 0 Å². The Morgan fingerprint density at radius 2 is 1.89 bits per heavy atom. The van der Waals surface area contributed by atoms with Gasteiger partial charge in [-0.05, 0) is 25.2 Å². The van der Waals surface area contributed by atoms with Gasteiger partial charge in [-0.1, -0.05) is 31.2 Å². The average molecular weight is 122 g/mol. The fourth-order valence-corrected chi connectivity index (χ4v) is 1.03. The van der Waals surface area contributed by atoms with Crippen molar-refractivity contribution in [3.05, 3.63) is 24.3 Å². The third-order valence-electron chi connectivity index (χ3n) is 1.64. The molecule has 1 aliphatic carbocycles. The summed E-state index contributed by atoms with van der Waals surface area (Å²) in [7, 11) is 0. The molecular weight excluding hydrogens is 108 g/mol. The molecule has 0 saturated heterocycles. The Morgan fingerprint density at radius 3 is 2.78 bits per heavy atom. The lowest BCUT2D eigenvalue weighted by Crippen LogP contribution is -1.87. The van der Waals surface area contributed by atoms with Crippen molar-refractivity contribution >= 4 is 0 Å². The Labute approximate surface area is 57.3 Å². The van der Waals surface area contributed by atoms with Crippen molar-refractivity contribution in [2.45, 2.75) is 26.2 Å². The fraction of sp³-hybridized carbons (Fsp3) is 0.556. The van der Waals surface area contributed by atoms with Crippen LogP contribution in [0.1, 0.15) is 26.2 Å². The van der Waals surface area contributed by atoms with Crippen LogP contribution >= 0.6 is 0 Å². The van der Waals surface area contributed by atoms with Crippen molar-refractivity contribution in [2.75, 3.05) is 0 Å². The maximum absolute atomic E-state index is 2.31. The van der Waals surface area contributed by atoms with Crippen molar-refractivity contribution in [2.24, 2.45) is 5.92 Å². The molecule has 0 saturated carbocycles. The van der Waals surface area contributed by atoms with Crippen LogP contribution in [0.4, 0.5) is 0 Å². The predicted molar refractivity (Wildman–Crippen MR) is 41.3 cm³/mol. The molecule has 0 heteroatoms. The fourth-order valence-electron chi connectivity index (χ4n) is 1.03. The molecule has 0 heterocycles. The van der Waals surface area contributed by atoms with E-state index in [1.54, 1.807) is 0 Å². The Morgan fingerprint density at radius 1 is 1.11 bits per heavy atom. The first-order chi connectivity index (χ1) is 4.39. The molecule has 1 atom stereocenters. The van der Waals surface area contributed by atoms with Gasteiger partial charge in [0.05, 0.1) is 0 Å². The van der Waals surface area contributed by atoms with Gasteiger partial charge in [0.1, 0.15) is 0 Å². The van der Waals surface area contributed by atoms with Crippen LogP contribution in [0.2, 0.25) is 0 Å². The van der Waals surface area contributed by atoms with E-state index in [9.17, 15) is 0 Å². The van der Waals surface area contributed by atoms with E-state index in [2.05, 4.69) is 31.2 Å². The lowest BCUT2D eigenvalue weighted by atomic mass is 10.0. The lowest BCUT2D eigenvalue weighted by molar-refractivity contribution is 0.730. The smallest absolute Gasteiger partial charge is 0.0227 e. The molecule has 1 unspecified atom stereocenters. The number of rotatable bonds is 0. The molecule has 0 fully saturated rings. The summed E-state index contributed by atoms with van der Waals surface area (Å²) in [6.45, 7) is 2.26. The summed E-state index contributed by atoms with van der Waals surface area (Å²) < 4.78 is 0. The molecule has 0 amide bonds. The third-order valence-corrected chi connectivity index (χ3v) is 1.64. The standard InChI is InChI=1S/C9H14/c1-9-7-5-3-2-4-6-8-9/h3,5-6,8-9H,2,4,7H2,1H3. The zero-order valence-electron chi connectivity index (χ0n) is 6.01. The molecular formula is C9H14. The van der Waals surface area contributed by atoms with Crippen LogP contribution in [-0.4, -0.2) is 0 Å². The molecule has 0 N–H and O–H groups in total. The van der Waals surface area contributed by atoms with Crippen LogP contribution in [0.15, 0.2) is 24.3 Å². The minimum atomic E-state index is 0.751. The highest BCUT2D eigenvalue weighted by Crippen LogP contribution is 2.09. The average Bonchev–Trinajstić information content (AvgIpc) is 1.79. The summed E-state index contributed by atoms with van der Waals surface area (Å²) in [4.78, 5) is 0. The van der Waals surface area contributed by atoms with Crippen LogP contribution in [0.5, 0.6) is 0 Å². The monoisotopic (exact) mass is 122 g/mol. The molecule has 0 aromatic carbocycles. The summed E-state index contributed by atoms with van der Waals surface area (Å²) in [6.07, 6.45) is 12.8. The van der Waals surface area contributed by atoms with Crippen molar-refractivity contribution in [3.63, 3.8) is 0 Å². The summed E-state index contributed by atoms with van der Waals surface area (Å²) in [5.74, 6) is 0.751. The van der Waals surface area contributed by atoms with Crippen molar-refractivity contribution in [3.8, 4) is 0 Å². The summed E-state index contributed by atoms with van der Waals surface area (Å²) in [6, 6.07) is 0. The summed E-state index contributed by atoms with van der Waals surface area (Å²) in [5.41, 5.74) is 0. The van der Waals surface area contributed by atoms with Gasteiger partial charge in [-0.3, -0.25) is 0 Å². The number of hydrogen-bond acceptors (Lipinski definition) is 0. The molecule has 0 nitrogen and oxygen atoms in total. The zero-order chi connectivity index (χ0) is 6.53. The third kappa shape index (κ3) is 2.50. The maximum Gasteiger partial charge on any atom is -0.0227 e. The van der Waals surface area contributed by atoms with Crippen LogP contribution < -0.4 is 0 Å². The van der Waals surface area contributed by atoms with E-state index in [0.717, 1.165) is 5.92 Å². The first-order valence-corrected chi connectivity index (χ1v) is 3.71. The topological polar surface area (TPSA) is 0 Å². The molecule has 0 aliphatic heterocycles. The van der Waals surface area contributed by atoms with E-state index < -0.39 is 0 Å². The Hall–Kier alpha value is -0.520. The first-order valence-electron chi connectivity index (χ1n) is 3.71. The van der Waals surface area contributed by atoms with Gasteiger partial charge >= 0.3 is 0 Å². The van der Waals surface area contributed by atoms with Crippen LogP contribution in [0, 0.1) is 5.92 Å². The molecule has 0 radical (unpaired) electrons. The predicted octanol–water partition coefficient (Wildman–Crippen LogP) is 2.92. The van der Waals surface area contributed by atoms with Gasteiger partial charge in [0.25, 0.3) is 0 Å². The van der Waals surface area contributed by atoms with Gasteiger partial charge in [0.15, 0.2) is 0 Å². The van der Waals surface area contributed by atoms with E-state index in [-0.39, 0.29) is 0 Å². The molecule has 0 aromatic rings. The first kappa shape index (κ1) is 6.60. The van der Waals surface area contributed by atoms with Crippen molar-refractivity contribution < 1.29 is 0 Å². The largest absolute Gasteiger partial charge is 0.0882 e. The van der Waals surface area contributed by atoms with E-state index >= 15 is 0 Å². The zero-order valence-corrected chi connectivity index (χ0v) is 6.01. The highest BCUT2D eigenvalue weighted by atomic mass is 14.0. The Kier molecular flexibility index (Phi) is 2.56. The summed E-state index contributed by atoms with van der Waals surface area (Å²) >= 11 is 0. The maximum atomic E-state index is 2.31. The Balaban J connectivity index is 2.40. The van der Waals surface area contributed by atoms with Crippen LogP contribution in [0.3, 0.4) is 0 Å². The lowest BCUT2D eigenvalue weighted by Gasteiger charge is -2.02. The van der Waals surface area contributed by atoms with Gasteiger partial charge in [0, 0.05) is 0 Å². The molecule has 0 aromatic heterocycles. The molecule has 50 valence electrons. The Bertz CT molecular complexity index is 120. The minimum absolute atomic E-state index is 0.751. The molecule has 1 aliphatic rings. The molecule has 9 heavy (non-hydrogen) atoms. The second kappa shape index (κ2) is 3.49. The van der Waals surface area contributed by atoms with Crippen molar-refractivity contribution in [1.82, 2.24) is 0 Å². The second-order valence-corrected chi connectivity index (χ2v) is 2.69. The van der Waals surface area contributed by atoms with Gasteiger partial charge in [-0.15, -0.1) is 0 Å². The van der Waals surface area contributed by atoms with Gasteiger partial charge in [-0.25, -0.2) is 0 Å². The van der Waals surface area contributed by atoms with Gasteiger partial charge in [0.2, 0.25) is 0 Å². The van der Waals surface area contributed by atoms with E-state index in [4.69, 9.17) is 0 Å². The number of hydrogen-bond donors (Lipinski definition) is 0.